The van der Waals surface area contributed by atoms with Gasteiger partial charge >= 0.3 is 0 Å². The Balaban J connectivity index is 2.42. The van der Waals surface area contributed by atoms with Gasteiger partial charge in [-0.2, -0.15) is 0 Å². The van der Waals surface area contributed by atoms with Gasteiger partial charge in [-0.1, -0.05) is 0 Å². The highest BCUT2D eigenvalue weighted by Gasteiger charge is 2.21. The first-order chi connectivity index (χ1) is 6.16. The lowest BCUT2D eigenvalue weighted by atomic mass is 9.98. The predicted molar refractivity (Wildman–Crippen MR) is 48.2 cm³/mol. The maximum Gasteiger partial charge on any atom is 0.159 e. The third-order valence-corrected chi connectivity index (χ3v) is 2.29. The summed E-state index contributed by atoms with van der Waals surface area (Å²) < 4.78 is 12.8. The summed E-state index contributed by atoms with van der Waals surface area (Å²) in [6, 6.07) is 4.33. The number of ketones is 1. The summed E-state index contributed by atoms with van der Waals surface area (Å²) in [6.45, 7) is 1.81. The Kier molecular flexibility index (Phi) is 1.79. The monoisotopic (exact) mass is 179 g/mol. The molecule has 0 spiro atoms. The molecule has 1 unspecified atom stereocenters. The molecule has 0 radical (unpaired) electrons. The molecule has 1 aromatic rings. The number of hydrogen-bond acceptors (Lipinski definition) is 2. The van der Waals surface area contributed by atoms with Crippen LogP contribution in [0.3, 0.4) is 0 Å². The van der Waals surface area contributed by atoms with Crippen molar-refractivity contribution in [3.05, 3.63) is 29.6 Å². The molecule has 2 nitrogen and oxygen atoms in total. The van der Waals surface area contributed by atoms with E-state index in [1.165, 1.54) is 12.1 Å². The summed E-state index contributed by atoms with van der Waals surface area (Å²) in [5.74, 6) is -0.180. The summed E-state index contributed by atoms with van der Waals surface area (Å²) in [7, 11) is 0. The van der Waals surface area contributed by atoms with Crippen LogP contribution in [0.1, 0.15) is 12.5 Å². The van der Waals surface area contributed by atoms with Gasteiger partial charge in [-0.25, -0.2) is 4.39 Å². The van der Waals surface area contributed by atoms with E-state index in [0.29, 0.717) is 6.42 Å². The Labute approximate surface area is 75.8 Å². The van der Waals surface area contributed by atoms with E-state index in [2.05, 4.69) is 5.32 Å². The maximum absolute atomic E-state index is 12.8. The van der Waals surface area contributed by atoms with Crippen LogP contribution >= 0.6 is 0 Å². The van der Waals surface area contributed by atoms with E-state index < -0.39 is 0 Å². The van der Waals surface area contributed by atoms with Gasteiger partial charge in [0.15, 0.2) is 5.78 Å². The number of nitrogens with one attached hydrogen (secondary N) is 1. The first kappa shape index (κ1) is 8.23. The predicted octanol–water partition coefficient (Wildman–Crippen LogP) is 1.75. The van der Waals surface area contributed by atoms with Crippen molar-refractivity contribution < 1.29 is 9.18 Å². The second-order valence-electron chi connectivity index (χ2n) is 3.31. The zero-order valence-corrected chi connectivity index (χ0v) is 7.30. The van der Waals surface area contributed by atoms with Gasteiger partial charge < -0.3 is 5.32 Å². The fraction of sp³-hybridized carbons (Fsp3) is 0.300. The Morgan fingerprint density at radius 3 is 3.08 bits per heavy atom. The first-order valence-corrected chi connectivity index (χ1v) is 4.24. The standard InChI is InChI=1S/C10H10FNO/c1-6-10(13)5-7-4-8(11)2-3-9(7)12-6/h2-4,6,12H,5H2,1H3. The normalized spacial score (nSPS) is 20.8. The van der Waals surface area contributed by atoms with Crippen LogP contribution in [0.15, 0.2) is 18.2 Å². The molecule has 3 heteroatoms. The second kappa shape index (κ2) is 2.83. The largest absolute Gasteiger partial charge is 0.375 e. The molecule has 1 atom stereocenters. The van der Waals surface area contributed by atoms with Crippen LogP contribution in [0.2, 0.25) is 0 Å². The lowest BCUT2D eigenvalue weighted by Gasteiger charge is -2.22. The summed E-state index contributed by atoms with van der Waals surface area (Å²) in [6.07, 6.45) is 0.335. The number of anilines is 1. The molecular formula is C10H10FNO. The van der Waals surface area contributed by atoms with Crippen molar-refractivity contribution in [1.29, 1.82) is 0 Å². The average Bonchev–Trinajstić information content (AvgIpc) is 2.08. The Morgan fingerprint density at radius 1 is 1.54 bits per heavy atom. The number of Topliss-reactive ketones (excluding diaryl/α,β-unsaturated/α-hetero) is 1. The molecule has 0 bridgehead atoms. The third kappa shape index (κ3) is 1.41. The first-order valence-electron chi connectivity index (χ1n) is 4.24. The highest BCUT2D eigenvalue weighted by Crippen LogP contribution is 2.23. The maximum atomic E-state index is 12.8. The summed E-state index contributed by atoms with van der Waals surface area (Å²) in [4.78, 5) is 11.3. The summed E-state index contributed by atoms with van der Waals surface area (Å²) in [5.41, 5.74) is 1.62. The number of rotatable bonds is 0. The van der Waals surface area contributed by atoms with Gasteiger partial charge in [0.1, 0.15) is 5.82 Å². The third-order valence-electron chi connectivity index (χ3n) is 2.29. The van der Waals surface area contributed by atoms with E-state index in [1.54, 1.807) is 6.07 Å². The van der Waals surface area contributed by atoms with Crippen molar-refractivity contribution in [1.82, 2.24) is 0 Å². The van der Waals surface area contributed by atoms with E-state index >= 15 is 0 Å². The van der Waals surface area contributed by atoms with E-state index in [0.717, 1.165) is 11.3 Å². The van der Waals surface area contributed by atoms with Crippen molar-refractivity contribution in [3.63, 3.8) is 0 Å². The van der Waals surface area contributed by atoms with Crippen LogP contribution in [-0.2, 0) is 11.2 Å². The second-order valence-corrected chi connectivity index (χ2v) is 3.31. The van der Waals surface area contributed by atoms with Crippen molar-refractivity contribution >= 4 is 11.5 Å². The van der Waals surface area contributed by atoms with Crippen molar-refractivity contribution in [3.8, 4) is 0 Å². The van der Waals surface area contributed by atoms with Crippen LogP contribution in [0.5, 0.6) is 0 Å². The average molecular weight is 179 g/mol. The van der Waals surface area contributed by atoms with E-state index in [-0.39, 0.29) is 17.6 Å². The van der Waals surface area contributed by atoms with Gasteiger partial charge in [0, 0.05) is 12.1 Å². The summed E-state index contributed by atoms with van der Waals surface area (Å²) in [5, 5.41) is 3.02. The quantitative estimate of drug-likeness (QED) is 0.657. The fourth-order valence-corrected chi connectivity index (χ4v) is 1.50. The highest BCUT2D eigenvalue weighted by molar-refractivity contribution is 5.92. The van der Waals surface area contributed by atoms with Crippen molar-refractivity contribution in [2.75, 3.05) is 5.32 Å². The topological polar surface area (TPSA) is 29.1 Å². The molecule has 0 saturated carbocycles. The lowest BCUT2D eigenvalue weighted by molar-refractivity contribution is -0.119. The number of carbonyl (C=O) groups excluding carboxylic acids is 1. The minimum Gasteiger partial charge on any atom is -0.375 e. The van der Waals surface area contributed by atoms with Gasteiger partial charge in [-0.3, -0.25) is 4.79 Å². The number of hydrogen-bond donors (Lipinski definition) is 1. The molecule has 1 aliphatic rings. The molecule has 0 aliphatic carbocycles. The number of carbonyl (C=O) groups is 1. The molecule has 0 aromatic heterocycles. The number of benzene rings is 1. The molecule has 1 aromatic carbocycles. The fourth-order valence-electron chi connectivity index (χ4n) is 1.50. The molecule has 2 rings (SSSR count). The minimum atomic E-state index is -0.289. The lowest BCUT2D eigenvalue weighted by Crippen LogP contribution is -2.32. The Bertz CT molecular complexity index is 362. The number of halogens is 1. The molecule has 0 saturated heterocycles. The smallest absolute Gasteiger partial charge is 0.159 e. The Morgan fingerprint density at radius 2 is 2.31 bits per heavy atom. The SMILES string of the molecule is CC1Nc2ccc(F)cc2CC1=O. The molecule has 68 valence electrons. The van der Waals surface area contributed by atoms with Crippen LogP contribution in [0.25, 0.3) is 0 Å². The van der Waals surface area contributed by atoms with E-state index in [1.807, 2.05) is 6.92 Å². The molecular weight excluding hydrogens is 169 g/mol. The van der Waals surface area contributed by atoms with Crippen LogP contribution < -0.4 is 5.32 Å². The van der Waals surface area contributed by atoms with Gasteiger partial charge in [0.25, 0.3) is 0 Å². The van der Waals surface area contributed by atoms with Gasteiger partial charge in [0.05, 0.1) is 6.04 Å². The van der Waals surface area contributed by atoms with E-state index in [4.69, 9.17) is 0 Å². The molecule has 1 heterocycles. The highest BCUT2D eigenvalue weighted by atomic mass is 19.1. The van der Waals surface area contributed by atoms with Crippen LogP contribution in [0, 0.1) is 5.82 Å². The van der Waals surface area contributed by atoms with E-state index in [9.17, 15) is 9.18 Å². The molecule has 0 amide bonds. The molecule has 1 aliphatic heterocycles. The van der Waals surface area contributed by atoms with Gasteiger partial charge in [-0.15, -0.1) is 0 Å². The molecule has 1 N–H and O–H groups in total. The zero-order valence-electron chi connectivity index (χ0n) is 7.30. The minimum absolute atomic E-state index is 0.109. The summed E-state index contributed by atoms with van der Waals surface area (Å²) >= 11 is 0. The van der Waals surface area contributed by atoms with Gasteiger partial charge in [0.2, 0.25) is 0 Å². The zero-order chi connectivity index (χ0) is 9.42. The molecule has 13 heavy (non-hydrogen) atoms. The van der Waals surface area contributed by atoms with Crippen molar-refractivity contribution in [2.24, 2.45) is 0 Å². The van der Waals surface area contributed by atoms with Crippen LogP contribution in [-0.4, -0.2) is 11.8 Å². The number of fused-ring (bicyclic) bond motifs is 1. The van der Waals surface area contributed by atoms with Crippen molar-refractivity contribution in [2.45, 2.75) is 19.4 Å². The Hall–Kier alpha value is -1.38. The van der Waals surface area contributed by atoms with Crippen LogP contribution in [0.4, 0.5) is 10.1 Å². The van der Waals surface area contributed by atoms with Gasteiger partial charge in [-0.05, 0) is 30.7 Å². The molecule has 0 fully saturated rings.